The lowest BCUT2D eigenvalue weighted by Gasteiger charge is -2.36. The number of rotatable bonds is 23. The van der Waals surface area contributed by atoms with Crippen molar-refractivity contribution < 1.29 is 21.5 Å². The highest BCUT2D eigenvalue weighted by atomic mass is 79.9. The fourth-order valence-corrected chi connectivity index (χ4v) is 5.68. The van der Waals surface area contributed by atoms with Gasteiger partial charge >= 0.3 is 0 Å². The third-order valence-corrected chi connectivity index (χ3v) is 8.17. The van der Waals surface area contributed by atoms with Crippen molar-refractivity contribution in [2.75, 3.05) is 19.6 Å². The van der Waals surface area contributed by atoms with E-state index in [-0.39, 0.29) is 34.0 Å². The van der Waals surface area contributed by atoms with Crippen molar-refractivity contribution in [1.29, 1.82) is 0 Å². The summed E-state index contributed by atoms with van der Waals surface area (Å²) in [4.78, 5) is 4.19. The first kappa shape index (κ1) is 37.6. The summed E-state index contributed by atoms with van der Waals surface area (Å²) >= 11 is 0. The highest BCUT2D eigenvalue weighted by molar-refractivity contribution is 8.93. The molecule has 2 nitrogen and oxygen atoms in total. The van der Waals surface area contributed by atoms with Crippen LogP contribution < -0.4 is 17.0 Å². The molecule has 0 aliphatic carbocycles. The van der Waals surface area contributed by atoms with Crippen molar-refractivity contribution >= 4 is 22.6 Å². The molecule has 38 heavy (non-hydrogen) atoms. The van der Waals surface area contributed by atoms with Gasteiger partial charge < -0.3 is 17.0 Å². The molecule has 0 N–H and O–H groups in total. The molecule has 0 spiro atoms. The van der Waals surface area contributed by atoms with Crippen LogP contribution in [0.2, 0.25) is 0 Å². The smallest absolute Gasteiger partial charge is 0.102 e. The lowest BCUT2D eigenvalue weighted by Crippen LogP contribution is -3.00. The molecular weight excluding hydrogens is 596 g/mol. The Bertz CT molecular complexity index is 678. The van der Waals surface area contributed by atoms with Crippen molar-refractivity contribution in [3.8, 4) is 0 Å². The van der Waals surface area contributed by atoms with Crippen molar-refractivity contribution in [3.63, 3.8) is 0 Å². The van der Waals surface area contributed by atoms with Gasteiger partial charge in [-0.1, -0.05) is 117 Å². The maximum atomic E-state index is 4.19. The van der Waals surface area contributed by atoms with E-state index >= 15 is 0 Å². The number of hydrogen-bond acceptors (Lipinski definition) is 1. The number of quaternary nitrogens is 1. The van der Waals surface area contributed by atoms with Crippen LogP contribution in [0.1, 0.15) is 148 Å². The molecule has 220 valence electrons. The van der Waals surface area contributed by atoms with E-state index in [4.69, 9.17) is 0 Å². The number of allylic oxidation sites excluding steroid dienone is 2. The van der Waals surface area contributed by atoms with Gasteiger partial charge in [0.15, 0.2) is 0 Å². The predicted octanol–water partition coefficient (Wildman–Crippen LogP) is 8.23. The number of nitrogens with zero attached hydrogens (tertiary/aromatic N) is 2. The van der Waals surface area contributed by atoms with Crippen LogP contribution in [0, 0.1) is 0 Å². The van der Waals surface area contributed by atoms with Gasteiger partial charge in [-0.2, -0.15) is 0 Å². The molecule has 1 aliphatic rings. The summed E-state index contributed by atoms with van der Waals surface area (Å²) in [6, 6.07) is 4.28. The van der Waals surface area contributed by atoms with E-state index in [1.807, 2.05) is 12.4 Å². The fourth-order valence-electron chi connectivity index (χ4n) is 5.68. The number of unbranched alkanes of at least 4 members (excludes halogenated alkanes) is 18. The van der Waals surface area contributed by atoms with Gasteiger partial charge in [0.2, 0.25) is 0 Å². The Morgan fingerprint density at radius 1 is 0.605 bits per heavy atom. The molecule has 4 heteroatoms. The van der Waals surface area contributed by atoms with Crippen LogP contribution in [0.3, 0.4) is 0 Å². The first-order valence-corrected chi connectivity index (χ1v) is 16.0. The Morgan fingerprint density at radius 3 is 1.37 bits per heavy atom. The predicted molar refractivity (Wildman–Crippen MR) is 170 cm³/mol. The average Bonchev–Trinajstić information content (AvgIpc) is 2.92. The highest BCUT2D eigenvalue weighted by Crippen LogP contribution is 2.26. The van der Waals surface area contributed by atoms with Gasteiger partial charge in [-0.3, -0.25) is 9.47 Å². The maximum absolute atomic E-state index is 4.19. The number of hydrogen-bond donors (Lipinski definition) is 0. The van der Waals surface area contributed by atoms with E-state index < -0.39 is 0 Å². The Balaban J connectivity index is 0.00000684. The summed E-state index contributed by atoms with van der Waals surface area (Å²) in [6.45, 7) is 8.39. The molecule has 0 saturated carbocycles. The minimum Gasteiger partial charge on any atom is -1.00 e. The standard InChI is InChI=1S/C34H59N2.2BrH/c1-3-5-7-9-11-13-15-17-19-21-29-36(30-22-20-18-16-14-12-10-8-6-4-2)31-25-34(26-32-36)33-23-27-35-28-24-33;;/h23-28,31H,3-22,29-30,32H2,1-2H3;2*1H/q+1;;/p-1. The van der Waals surface area contributed by atoms with Crippen LogP contribution >= 0.6 is 17.0 Å². The fraction of sp³-hybridized carbons (Fsp3) is 0.735. The lowest BCUT2D eigenvalue weighted by atomic mass is 10.0. The number of halogens is 2. The molecule has 1 aromatic rings. The summed E-state index contributed by atoms with van der Waals surface area (Å²) in [7, 11) is 0. The van der Waals surface area contributed by atoms with Gasteiger partial charge in [0.1, 0.15) is 6.54 Å². The molecule has 2 heterocycles. The van der Waals surface area contributed by atoms with E-state index in [0.29, 0.717) is 0 Å². The number of pyridine rings is 1. The van der Waals surface area contributed by atoms with Gasteiger partial charge in [0.25, 0.3) is 0 Å². The molecule has 0 aromatic carbocycles. The van der Waals surface area contributed by atoms with E-state index in [0.717, 1.165) is 6.54 Å². The monoisotopic (exact) mass is 654 g/mol. The molecule has 0 saturated heterocycles. The molecule has 0 fully saturated rings. The van der Waals surface area contributed by atoms with Crippen LogP contribution in [0.4, 0.5) is 0 Å². The van der Waals surface area contributed by atoms with Crippen LogP contribution in [-0.2, 0) is 0 Å². The van der Waals surface area contributed by atoms with Crippen molar-refractivity contribution in [3.05, 3.63) is 48.4 Å². The Hall–Kier alpha value is -0.450. The molecule has 2 rings (SSSR count). The summed E-state index contributed by atoms with van der Waals surface area (Å²) in [6.07, 6.45) is 39.6. The number of aromatic nitrogens is 1. The minimum absolute atomic E-state index is 0. The molecule has 0 unspecified atom stereocenters. The molecule has 0 atom stereocenters. The van der Waals surface area contributed by atoms with Crippen molar-refractivity contribution in [1.82, 2.24) is 4.98 Å². The van der Waals surface area contributed by atoms with Gasteiger partial charge in [-0.05, 0) is 61.1 Å². The minimum atomic E-state index is 0. The van der Waals surface area contributed by atoms with Crippen LogP contribution in [-0.4, -0.2) is 29.1 Å². The summed E-state index contributed by atoms with van der Waals surface area (Å²) < 4.78 is 1.17. The zero-order valence-electron chi connectivity index (χ0n) is 25.0. The van der Waals surface area contributed by atoms with Gasteiger partial charge in [0, 0.05) is 12.4 Å². The highest BCUT2D eigenvalue weighted by Gasteiger charge is 2.25. The zero-order valence-corrected chi connectivity index (χ0v) is 28.3. The second-order valence-electron chi connectivity index (χ2n) is 11.4. The van der Waals surface area contributed by atoms with Gasteiger partial charge in [-0.25, -0.2) is 0 Å². The van der Waals surface area contributed by atoms with Crippen molar-refractivity contribution in [2.24, 2.45) is 0 Å². The van der Waals surface area contributed by atoms with Gasteiger partial charge in [0.05, 0.1) is 19.3 Å². The topological polar surface area (TPSA) is 12.9 Å². The van der Waals surface area contributed by atoms with Crippen LogP contribution in [0.25, 0.3) is 5.57 Å². The Kier molecular flexibility index (Phi) is 25.2. The molecule has 0 amide bonds. The first-order valence-electron chi connectivity index (χ1n) is 16.0. The van der Waals surface area contributed by atoms with E-state index in [1.54, 1.807) is 0 Å². The summed E-state index contributed by atoms with van der Waals surface area (Å²) in [5.41, 5.74) is 2.68. The Morgan fingerprint density at radius 2 is 1.00 bits per heavy atom. The molecule has 0 bridgehead atoms. The molecule has 1 aliphatic heterocycles. The third kappa shape index (κ3) is 17.3. The Labute approximate surface area is 258 Å². The van der Waals surface area contributed by atoms with Crippen LogP contribution in [0.15, 0.2) is 42.9 Å². The van der Waals surface area contributed by atoms with E-state index in [9.17, 15) is 0 Å². The third-order valence-electron chi connectivity index (χ3n) is 8.17. The molecule has 1 aromatic heterocycles. The van der Waals surface area contributed by atoms with Crippen LogP contribution in [0.5, 0.6) is 0 Å². The second kappa shape index (κ2) is 25.5. The quantitative estimate of drug-likeness (QED) is 0.0855. The first-order chi connectivity index (χ1) is 17.8. The SMILES string of the molecule is Br.CCCCCCCCCCCC[N+]1(CCCCCCCCCCCC)C=CC(c2ccncc2)=CC1.[Br-]. The normalized spacial score (nSPS) is 14.0. The summed E-state index contributed by atoms with van der Waals surface area (Å²) in [5, 5.41) is 0. The van der Waals surface area contributed by atoms with Crippen molar-refractivity contribution in [2.45, 2.75) is 142 Å². The molecular formula is C34H60Br2N2. The summed E-state index contributed by atoms with van der Waals surface area (Å²) in [5.74, 6) is 0. The van der Waals surface area contributed by atoms with E-state index in [2.05, 4.69) is 49.3 Å². The maximum Gasteiger partial charge on any atom is 0.102 e. The molecule has 0 radical (unpaired) electrons. The largest absolute Gasteiger partial charge is 1.00 e. The van der Waals surface area contributed by atoms with Gasteiger partial charge in [-0.15, -0.1) is 17.0 Å². The lowest BCUT2D eigenvalue weighted by molar-refractivity contribution is -0.874. The van der Waals surface area contributed by atoms with E-state index in [1.165, 1.54) is 157 Å². The average molecular weight is 657 g/mol. The second-order valence-corrected chi connectivity index (χ2v) is 11.4. The zero-order chi connectivity index (χ0) is 25.6.